The molecule has 0 bridgehead atoms. The number of rotatable bonds is 1. The number of hydrogen-bond donors (Lipinski definition) is 2. The summed E-state index contributed by atoms with van der Waals surface area (Å²) in [6, 6.07) is 9.40. The molecule has 0 radical (unpaired) electrons. The zero-order chi connectivity index (χ0) is 10.8. The van der Waals surface area contributed by atoms with Crippen molar-refractivity contribution in [2.45, 2.75) is 6.92 Å². The van der Waals surface area contributed by atoms with E-state index in [1.807, 2.05) is 37.3 Å². The zero-order valence-corrected chi connectivity index (χ0v) is 7.73. The van der Waals surface area contributed by atoms with E-state index in [9.17, 15) is 5.11 Å². The third-order valence-corrected chi connectivity index (χ3v) is 2.29. The first-order chi connectivity index (χ1) is 7.24. The first kappa shape index (κ1) is 7.50. The lowest BCUT2D eigenvalue weighted by molar-refractivity contribution is 0.482. The lowest BCUT2D eigenvalue weighted by Crippen LogP contribution is -1.79. The van der Waals surface area contributed by atoms with Gasteiger partial charge in [-0.3, -0.25) is 0 Å². The second kappa shape index (κ2) is 3.10. The first-order valence-corrected chi connectivity index (χ1v) is 4.30. The van der Waals surface area contributed by atoms with Crippen LogP contribution in [-0.4, -0.2) is 5.11 Å². The van der Waals surface area contributed by atoms with Crippen molar-refractivity contribution >= 4 is 16.5 Å². The summed E-state index contributed by atoms with van der Waals surface area (Å²) in [5.74, 6) is 0.0848. The summed E-state index contributed by atoms with van der Waals surface area (Å²) >= 11 is 0. The summed E-state index contributed by atoms with van der Waals surface area (Å²) in [5, 5.41) is 15.2. The van der Waals surface area contributed by atoms with Crippen LogP contribution in [0.15, 0.2) is 35.4 Å². The molecule has 0 aromatic heterocycles. The van der Waals surface area contributed by atoms with Gasteiger partial charge in [-0.1, -0.05) is 24.3 Å². The molecule has 0 aliphatic heterocycles. The molecular formula is C11H10N2O. The van der Waals surface area contributed by atoms with Crippen LogP contribution >= 0.6 is 0 Å². The van der Waals surface area contributed by atoms with E-state index >= 15 is 0 Å². The Morgan fingerprint density at radius 2 is 2.21 bits per heavy atom. The molecule has 14 heavy (non-hydrogen) atoms. The number of nitrogens with one attached hydrogen (secondary N) is 1. The smallest absolute Gasteiger partial charge is 0.214 e. The minimum absolute atomic E-state index is 0.0848. The molecule has 2 rings (SSSR count). The number of benzene rings is 2. The molecule has 0 aliphatic carbocycles. The molecule has 3 heteroatoms. The fourth-order valence-corrected chi connectivity index (χ4v) is 1.58. The van der Waals surface area contributed by atoms with Crippen LogP contribution in [0.25, 0.3) is 10.8 Å². The van der Waals surface area contributed by atoms with Gasteiger partial charge >= 0.3 is 0 Å². The van der Waals surface area contributed by atoms with Gasteiger partial charge < -0.3 is 5.11 Å². The second-order valence-corrected chi connectivity index (χ2v) is 3.21. The SMILES string of the molecule is [2H]N=Nc1c(C)cc2ccccc2c1O. The van der Waals surface area contributed by atoms with Gasteiger partial charge in [0.05, 0.1) is 0 Å². The molecule has 0 saturated carbocycles. The van der Waals surface area contributed by atoms with Gasteiger partial charge in [0.1, 0.15) is 5.69 Å². The van der Waals surface area contributed by atoms with Crippen LogP contribution in [0.2, 0.25) is 1.41 Å². The number of aromatic hydroxyl groups is 1. The van der Waals surface area contributed by atoms with E-state index in [1.165, 1.54) is 0 Å². The summed E-state index contributed by atoms with van der Waals surface area (Å²) in [6.07, 6.45) is 0. The minimum atomic E-state index is 0.0848. The van der Waals surface area contributed by atoms with E-state index in [0.717, 1.165) is 16.3 Å². The molecule has 0 aliphatic rings. The fourth-order valence-electron chi connectivity index (χ4n) is 1.58. The Labute approximate surface area is 83.0 Å². The maximum Gasteiger partial charge on any atom is 0.214 e. The van der Waals surface area contributed by atoms with E-state index in [-0.39, 0.29) is 5.75 Å². The largest absolute Gasteiger partial charge is 0.505 e. The van der Waals surface area contributed by atoms with Gasteiger partial charge in [-0.05, 0) is 23.9 Å². The molecule has 70 valence electrons. The van der Waals surface area contributed by atoms with Crippen LogP contribution in [0.3, 0.4) is 0 Å². The lowest BCUT2D eigenvalue weighted by Gasteiger charge is -2.06. The highest BCUT2D eigenvalue weighted by Crippen LogP contribution is 2.37. The molecular weight excluding hydrogens is 176 g/mol. The summed E-state index contributed by atoms with van der Waals surface area (Å²) in [4.78, 5) is 0. The molecule has 0 fully saturated rings. The van der Waals surface area contributed by atoms with Gasteiger partial charge in [-0.2, -0.15) is 5.11 Å². The van der Waals surface area contributed by atoms with E-state index in [4.69, 9.17) is 1.41 Å². The fraction of sp³-hybridized carbons (Fsp3) is 0.0909. The van der Waals surface area contributed by atoms with E-state index in [0.29, 0.717) is 5.69 Å². The summed E-state index contributed by atoms with van der Waals surface area (Å²) in [5.41, 5.74) is 4.12. The topological polar surface area (TPSA) is 56.4 Å². The molecule has 0 spiro atoms. The van der Waals surface area contributed by atoms with Crippen LogP contribution in [-0.2, 0) is 0 Å². The Kier molecular flexibility index (Phi) is 1.66. The van der Waals surface area contributed by atoms with Crippen LogP contribution < -0.4 is 0 Å². The molecule has 2 aromatic rings. The third kappa shape index (κ3) is 1.14. The highest BCUT2D eigenvalue weighted by atomic mass is 16.3. The predicted molar refractivity (Wildman–Crippen MR) is 55.2 cm³/mol. The van der Waals surface area contributed by atoms with Gasteiger partial charge in [-0.15, -0.1) is 0 Å². The van der Waals surface area contributed by atoms with Crippen LogP contribution in [0, 0.1) is 12.4 Å². The summed E-state index contributed by atoms with van der Waals surface area (Å²) < 4.78 is 6.69. The minimum Gasteiger partial charge on any atom is -0.505 e. The van der Waals surface area contributed by atoms with Crippen LogP contribution in [0.4, 0.5) is 5.69 Å². The van der Waals surface area contributed by atoms with E-state index < -0.39 is 0 Å². The van der Waals surface area contributed by atoms with Gasteiger partial charge in [0.25, 0.3) is 0 Å². The number of phenols is 1. The Morgan fingerprint density at radius 1 is 1.43 bits per heavy atom. The highest BCUT2D eigenvalue weighted by molar-refractivity contribution is 5.93. The molecule has 2 aromatic carbocycles. The van der Waals surface area contributed by atoms with Crippen LogP contribution in [0.5, 0.6) is 5.75 Å². The molecule has 0 unspecified atom stereocenters. The van der Waals surface area contributed by atoms with Crippen molar-refractivity contribution < 1.29 is 6.52 Å². The number of phenolic OH excluding ortho intramolecular Hbond substituents is 1. The number of fused-ring (bicyclic) bond motifs is 1. The Bertz CT molecular complexity index is 537. The van der Waals surface area contributed by atoms with Crippen molar-refractivity contribution in [3.63, 3.8) is 0 Å². The quantitative estimate of drug-likeness (QED) is 0.659. The Morgan fingerprint density at radius 3 is 3.00 bits per heavy atom. The van der Waals surface area contributed by atoms with Crippen molar-refractivity contribution in [1.29, 1.82) is 5.52 Å². The number of aryl methyl sites for hydroxylation is 1. The summed E-state index contributed by atoms with van der Waals surface area (Å²) in [7, 11) is 0. The monoisotopic (exact) mass is 187 g/mol. The van der Waals surface area contributed by atoms with Crippen molar-refractivity contribution in [3.05, 3.63) is 35.9 Å². The van der Waals surface area contributed by atoms with Crippen LogP contribution in [0.1, 0.15) is 5.56 Å². The molecule has 0 saturated heterocycles. The average Bonchev–Trinajstić information content (AvgIpc) is 2.24. The molecule has 3 nitrogen and oxygen atoms in total. The molecule has 2 N–H and O–H groups in total. The maximum atomic E-state index is 9.92. The Balaban J connectivity index is 2.83. The van der Waals surface area contributed by atoms with Crippen molar-refractivity contribution in [3.8, 4) is 5.75 Å². The predicted octanol–water partition coefficient (Wildman–Crippen LogP) is 3.52. The number of nitrogens with zero attached hydrogens (tertiary/aromatic N) is 1. The van der Waals surface area contributed by atoms with E-state index in [2.05, 4.69) is 10.6 Å². The summed E-state index contributed by atoms with van der Waals surface area (Å²) in [6.45, 7) is 1.83. The normalized spacial score (nSPS) is 12.2. The molecule has 0 atom stereocenters. The van der Waals surface area contributed by atoms with Gasteiger partial charge in [0, 0.05) is 5.39 Å². The van der Waals surface area contributed by atoms with Crippen molar-refractivity contribution in [1.82, 2.24) is 0 Å². The van der Waals surface area contributed by atoms with Gasteiger partial charge in [-0.25, -0.2) is 5.52 Å². The number of hydrogen-bond acceptors (Lipinski definition) is 3. The highest BCUT2D eigenvalue weighted by Gasteiger charge is 2.08. The third-order valence-electron chi connectivity index (χ3n) is 2.29. The van der Waals surface area contributed by atoms with Crippen molar-refractivity contribution in [2.75, 3.05) is 0 Å². The van der Waals surface area contributed by atoms with Gasteiger partial charge in [0.2, 0.25) is 1.41 Å². The molecule has 0 amide bonds. The average molecular weight is 187 g/mol. The first-order valence-electron chi connectivity index (χ1n) is 4.75. The zero-order valence-electron chi connectivity index (χ0n) is 8.73. The van der Waals surface area contributed by atoms with Crippen molar-refractivity contribution in [2.24, 2.45) is 5.11 Å². The lowest BCUT2D eigenvalue weighted by atomic mass is 10.0. The second-order valence-electron chi connectivity index (χ2n) is 3.21. The van der Waals surface area contributed by atoms with Gasteiger partial charge in [0.15, 0.2) is 5.75 Å². The Hall–Kier alpha value is -1.90. The standard InChI is InChI=1S/C11H10N2O/c1-7-6-8-4-2-3-5-9(8)11(14)10(7)13-12/h2-6,12,14H,1H3/i/hD. The maximum absolute atomic E-state index is 9.92. The molecule has 0 heterocycles. The van der Waals surface area contributed by atoms with E-state index in [1.54, 1.807) is 0 Å².